The van der Waals surface area contributed by atoms with Crippen LogP contribution >= 0.6 is 11.3 Å². The Morgan fingerprint density at radius 1 is 1.31 bits per heavy atom. The SMILES string of the molecule is Cc1nc2c(C(=O)C(C)(C)C)cccc2s1. The minimum atomic E-state index is -0.355. The minimum absolute atomic E-state index is 0.156. The summed E-state index contributed by atoms with van der Waals surface area (Å²) in [6.07, 6.45) is 0. The van der Waals surface area contributed by atoms with Crippen LogP contribution in [0.5, 0.6) is 0 Å². The Balaban J connectivity index is 2.65. The molecule has 0 aliphatic rings. The standard InChI is InChI=1S/C13H15NOS/c1-8-14-11-9(12(15)13(2,3)4)6-5-7-10(11)16-8/h5-7H,1-4H3. The number of nitrogens with zero attached hydrogens (tertiary/aromatic N) is 1. The van der Waals surface area contributed by atoms with Gasteiger partial charge in [-0.3, -0.25) is 4.79 Å². The largest absolute Gasteiger partial charge is 0.294 e. The molecule has 2 aromatic rings. The second kappa shape index (κ2) is 3.67. The molecule has 0 amide bonds. The topological polar surface area (TPSA) is 30.0 Å². The molecule has 1 aromatic heterocycles. The highest BCUT2D eigenvalue weighted by Gasteiger charge is 2.25. The molecule has 0 aliphatic carbocycles. The van der Waals surface area contributed by atoms with Crippen molar-refractivity contribution in [3.05, 3.63) is 28.8 Å². The summed E-state index contributed by atoms with van der Waals surface area (Å²) in [5.74, 6) is 0.156. The number of carbonyl (C=O) groups excluding carboxylic acids is 1. The number of fused-ring (bicyclic) bond motifs is 1. The molecule has 0 radical (unpaired) electrons. The number of aromatic nitrogens is 1. The van der Waals surface area contributed by atoms with Gasteiger partial charge in [-0.25, -0.2) is 4.98 Å². The summed E-state index contributed by atoms with van der Waals surface area (Å²) in [7, 11) is 0. The smallest absolute Gasteiger partial charge is 0.170 e. The van der Waals surface area contributed by atoms with Gasteiger partial charge in [-0.05, 0) is 19.1 Å². The summed E-state index contributed by atoms with van der Waals surface area (Å²) in [4.78, 5) is 16.7. The Hall–Kier alpha value is -1.22. The van der Waals surface area contributed by atoms with Gasteiger partial charge in [0.2, 0.25) is 0 Å². The number of hydrogen-bond donors (Lipinski definition) is 0. The van der Waals surface area contributed by atoms with Crippen LogP contribution in [0.1, 0.15) is 36.1 Å². The highest BCUT2D eigenvalue weighted by Crippen LogP contribution is 2.29. The van der Waals surface area contributed by atoms with Gasteiger partial charge in [0.25, 0.3) is 0 Å². The van der Waals surface area contributed by atoms with Crippen molar-refractivity contribution in [2.75, 3.05) is 0 Å². The van der Waals surface area contributed by atoms with E-state index >= 15 is 0 Å². The van der Waals surface area contributed by atoms with Gasteiger partial charge in [-0.15, -0.1) is 11.3 Å². The molecular formula is C13H15NOS. The minimum Gasteiger partial charge on any atom is -0.294 e. The van der Waals surface area contributed by atoms with Crippen molar-refractivity contribution in [1.82, 2.24) is 4.98 Å². The maximum atomic E-state index is 12.3. The predicted molar refractivity (Wildman–Crippen MR) is 68.1 cm³/mol. The Morgan fingerprint density at radius 3 is 2.62 bits per heavy atom. The van der Waals surface area contributed by atoms with E-state index in [9.17, 15) is 4.79 Å². The Bertz CT molecular complexity index is 549. The van der Waals surface area contributed by atoms with Gasteiger partial charge in [0.05, 0.1) is 15.2 Å². The zero-order valence-electron chi connectivity index (χ0n) is 10.00. The number of aryl methyl sites for hydroxylation is 1. The molecule has 0 saturated carbocycles. The van der Waals surface area contributed by atoms with Gasteiger partial charge in [0.15, 0.2) is 5.78 Å². The monoisotopic (exact) mass is 233 g/mol. The van der Waals surface area contributed by atoms with E-state index in [0.717, 1.165) is 20.8 Å². The van der Waals surface area contributed by atoms with Crippen molar-refractivity contribution in [2.45, 2.75) is 27.7 Å². The number of ketones is 1. The lowest BCUT2D eigenvalue weighted by Crippen LogP contribution is -2.20. The van der Waals surface area contributed by atoms with Crippen LogP contribution in [0, 0.1) is 12.3 Å². The zero-order chi connectivity index (χ0) is 11.9. The van der Waals surface area contributed by atoms with Crippen LogP contribution in [0.15, 0.2) is 18.2 Å². The normalized spacial score (nSPS) is 12.0. The Labute approximate surface area is 99.3 Å². The molecule has 0 bridgehead atoms. The highest BCUT2D eigenvalue weighted by molar-refractivity contribution is 7.18. The van der Waals surface area contributed by atoms with Gasteiger partial charge in [0, 0.05) is 11.0 Å². The lowest BCUT2D eigenvalue weighted by molar-refractivity contribution is 0.0860. The summed E-state index contributed by atoms with van der Waals surface area (Å²) in [6, 6.07) is 5.81. The molecule has 0 fully saturated rings. The molecule has 0 atom stereocenters. The maximum Gasteiger partial charge on any atom is 0.170 e. The molecule has 3 heteroatoms. The average molecular weight is 233 g/mol. The van der Waals surface area contributed by atoms with E-state index in [-0.39, 0.29) is 11.2 Å². The molecule has 0 saturated heterocycles. The molecule has 0 N–H and O–H groups in total. The molecule has 0 spiro atoms. The fourth-order valence-corrected chi connectivity index (χ4v) is 2.50. The Morgan fingerprint density at radius 2 is 2.00 bits per heavy atom. The molecule has 0 aliphatic heterocycles. The highest BCUT2D eigenvalue weighted by atomic mass is 32.1. The van der Waals surface area contributed by atoms with Gasteiger partial charge >= 0.3 is 0 Å². The lowest BCUT2D eigenvalue weighted by Gasteiger charge is -2.16. The van der Waals surface area contributed by atoms with Gasteiger partial charge in [-0.2, -0.15) is 0 Å². The molecular weight excluding hydrogens is 218 g/mol. The number of Topliss-reactive ketones (excluding diaryl/α,β-unsaturated/α-hetero) is 1. The summed E-state index contributed by atoms with van der Waals surface area (Å²) in [6.45, 7) is 7.78. The van der Waals surface area contributed by atoms with Crippen molar-refractivity contribution in [3.8, 4) is 0 Å². The molecule has 84 valence electrons. The van der Waals surface area contributed by atoms with E-state index in [1.165, 1.54) is 0 Å². The summed E-state index contributed by atoms with van der Waals surface area (Å²) in [5, 5.41) is 1.00. The molecule has 1 aromatic carbocycles. The van der Waals surface area contributed by atoms with Gasteiger partial charge in [0.1, 0.15) is 0 Å². The molecule has 16 heavy (non-hydrogen) atoms. The number of para-hydroxylation sites is 1. The van der Waals surface area contributed by atoms with Crippen molar-refractivity contribution in [1.29, 1.82) is 0 Å². The van der Waals surface area contributed by atoms with Gasteiger partial charge in [-0.1, -0.05) is 26.8 Å². The predicted octanol–water partition coefficient (Wildman–Crippen LogP) is 3.83. The lowest BCUT2D eigenvalue weighted by atomic mass is 9.86. The maximum absolute atomic E-state index is 12.3. The van der Waals surface area contributed by atoms with E-state index in [4.69, 9.17) is 0 Å². The number of carbonyl (C=O) groups is 1. The van der Waals surface area contributed by atoms with E-state index in [1.54, 1.807) is 11.3 Å². The fraction of sp³-hybridized carbons (Fsp3) is 0.385. The second-order valence-corrected chi connectivity index (χ2v) is 6.20. The van der Waals surface area contributed by atoms with Crippen LogP contribution in [0.3, 0.4) is 0 Å². The quantitative estimate of drug-likeness (QED) is 0.701. The van der Waals surface area contributed by atoms with E-state index in [1.807, 2.05) is 45.9 Å². The van der Waals surface area contributed by atoms with Crippen LogP contribution in [0.4, 0.5) is 0 Å². The van der Waals surface area contributed by atoms with Crippen LogP contribution in [-0.2, 0) is 0 Å². The first-order valence-electron chi connectivity index (χ1n) is 5.30. The summed E-state index contributed by atoms with van der Waals surface area (Å²) < 4.78 is 1.09. The number of hydrogen-bond acceptors (Lipinski definition) is 3. The van der Waals surface area contributed by atoms with E-state index < -0.39 is 0 Å². The zero-order valence-corrected chi connectivity index (χ0v) is 10.8. The third kappa shape index (κ3) is 1.87. The van der Waals surface area contributed by atoms with Crippen molar-refractivity contribution in [3.63, 3.8) is 0 Å². The van der Waals surface area contributed by atoms with Crippen molar-refractivity contribution < 1.29 is 4.79 Å². The number of thiazole rings is 1. The Kier molecular flexibility index (Phi) is 2.58. The average Bonchev–Trinajstić information content (AvgIpc) is 2.54. The first kappa shape index (κ1) is 11.3. The third-order valence-corrected chi connectivity index (χ3v) is 3.39. The first-order chi connectivity index (χ1) is 7.39. The number of benzene rings is 1. The fourth-order valence-electron chi connectivity index (χ4n) is 1.65. The van der Waals surface area contributed by atoms with Crippen molar-refractivity contribution in [2.24, 2.45) is 5.41 Å². The van der Waals surface area contributed by atoms with Crippen LogP contribution in [-0.4, -0.2) is 10.8 Å². The summed E-state index contributed by atoms with van der Waals surface area (Å²) >= 11 is 1.63. The molecule has 2 nitrogen and oxygen atoms in total. The first-order valence-corrected chi connectivity index (χ1v) is 6.12. The van der Waals surface area contributed by atoms with E-state index in [2.05, 4.69) is 4.98 Å². The molecule has 2 rings (SSSR count). The summed E-state index contributed by atoms with van der Waals surface area (Å²) in [5.41, 5.74) is 1.24. The van der Waals surface area contributed by atoms with E-state index in [0.29, 0.717) is 0 Å². The van der Waals surface area contributed by atoms with Gasteiger partial charge < -0.3 is 0 Å². The van der Waals surface area contributed by atoms with Crippen LogP contribution in [0.25, 0.3) is 10.2 Å². The van der Waals surface area contributed by atoms with Crippen LogP contribution < -0.4 is 0 Å². The second-order valence-electron chi connectivity index (χ2n) is 4.96. The van der Waals surface area contributed by atoms with Crippen molar-refractivity contribution >= 4 is 27.3 Å². The molecule has 1 heterocycles. The third-order valence-electron chi connectivity index (χ3n) is 2.45. The van der Waals surface area contributed by atoms with Crippen LogP contribution in [0.2, 0.25) is 0 Å². The molecule has 0 unspecified atom stereocenters. The number of rotatable bonds is 1.